The standard InChI is InChI=1S/C21H23NO4S/c1-4-18-20(16-8-6-5-7-9-16)19(15(3)23)21(24)22(18)27(25,26)17-12-10-14(2)11-13-17/h5-13,18-20H,4H2,1-3H3/t18-,19-,20+/m0/s1. The van der Waals surface area contributed by atoms with E-state index in [-0.39, 0.29) is 10.7 Å². The van der Waals surface area contributed by atoms with Crippen LogP contribution in [0.3, 0.4) is 0 Å². The molecule has 3 rings (SSSR count). The van der Waals surface area contributed by atoms with Crippen LogP contribution in [0.15, 0.2) is 59.5 Å². The number of Topliss-reactive ketones (excluding diaryl/α,β-unsaturated/α-hetero) is 1. The molecule has 3 atom stereocenters. The van der Waals surface area contributed by atoms with Gasteiger partial charge in [-0.25, -0.2) is 12.7 Å². The van der Waals surface area contributed by atoms with E-state index >= 15 is 0 Å². The Labute approximate surface area is 160 Å². The van der Waals surface area contributed by atoms with Gasteiger partial charge in [0, 0.05) is 5.92 Å². The van der Waals surface area contributed by atoms with E-state index in [1.165, 1.54) is 19.1 Å². The Morgan fingerprint density at radius 1 is 1.04 bits per heavy atom. The molecule has 1 heterocycles. The lowest BCUT2D eigenvalue weighted by Gasteiger charge is -2.27. The summed E-state index contributed by atoms with van der Waals surface area (Å²) in [7, 11) is -4.04. The zero-order chi connectivity index (χ0) is 19.8. The van der Waals surface area contributed by atoms with Gasteiger partial charge in [0.25, 0.3) is 10.0 Å². The second-order valence-corrected chi connectivity index (χ2v) is 8.77. The fraction of sp³-hybridized carbons (Fsp3) is 0.333. The number of nitrogens with zero attached hydrogens (tertiary/aromatic N) is 1. The van der Waals surface area contributed by atoms with Crippen LogP contribution >= 0.6 is 0 Å². The molecule has 0 unspecified atom stereocenters. The van der Waals surface area contributed by atoms with Crippen molar-refractivity contribution in [3.8, 4) is 0 Å². The fourth-order valence-electron chi connectivity index (χ4n) is 3.88. The van der Waals surface area contributed by atoms with Gasteiger partial charge in [0.2, 0.25) is 5.91 Å². The van der Waals surface area contributed by atoms with Gasteiger partial charge in [0.1, 0.15) is 11.7 Å². The molecule has 1 fully saturated rings. The molecule has 0 N–H and O–H groups in total. The second-order valence-electron chi connectivity index (χ2n) is 6.95. The molecule has 0 aliphatic carbocycles. The van der Waals surface area contributed by atoms with E-state index in [2.05, 4.69) is 0 Å². The van der Waals surface area contributed by atoms with Crippen molar-refractivity contribution in [3.63, 3.8) is 0 Å². The highest BCUT2D eigenvalue weighted by Crippen LogP contribution is 2.43. The van der Waals surface area contributed by atoms with Crippen LogP contribution in [0.25, 0.3) is 0 Å². The number of amides is 1. The van der Waals surface area contributed by atoms with Crippen LogP contribution < -0.4 is 0 Å². The lowest BCUT2D eigenvalue weighted by molar-refractivity contribution is -0.133. The molecule has 2 aromatic rings. The number of carbonyl (C=O) groups is 2. The van der Waals surface area contributed by atoms with Crippen molar-refractivity contribution in [1.29, 1.82) is 0 Å². The SMILES string of the molecule is CC[C@H]1[C@@H](c2ccccc2)[C@H](C(C)=O)C(=O)N1S(=O)(=O)c1ccc(C)cc1. The van der Waals surface area contributed by atoms with Gasteiger partial charge < -0.3 is 0 Å². The third kappa shape index (κ3) is 3.30. The van der Waals surface area contributed by atoms with Crippen molar-refractivity contribution < 1.29 is 18.0 Å². The van der Waals surface area contributed by atoms with Gasteiger partial charge >= 0.3 is 0 Å². The Balaban J connectivity index is 2.14. The van der Waals surface area contributed by atoms with Gasteiger partial charge in [0.15, 0.2) is 0 Å². The van der Waals surface area contributed by atoms with Crippen molar-refractivity contribution in [1.82, 2.24) is 4.31 Å². The first-order valence-corrected chi connectivity index (χ1v) is 10.4. The number of aryl methyl sites for hydroxylation is 1. The van der Waals surface area contributed by atoms with Crippen LogP contribution in [-0.4, -0.2) is 30.5 Å². The zero-order valence-corrected chi connectivity index (χ0v) is 16.4. The summed E-state index contributed by atoms with van der Waals surface area (Å²) in [6, 6.07) is 15.0. The van der Waals surface area contributed by atoms with Crippen molar-refractivity contribution in [2.75, 3.05) is 0 Å². The van der Waals surface area contributed by atoms with E-state index in [4.69, 9.17) is 0 Å². The Morgan fingerprint density at radius 2 is 1.63 bits per heavy atom. The average Bonchev–Trinajstić information content (AvgIpc) is 2.96. The molecule has 1 aliphatic heterocycles. The molecule has 142 valence electrons. The number of benzene rings is 2. The second kappa shape index (κ2) is 7.27. The fourth-order valence-corrected chi connectivity index (χ4v) is 5.57. The van der Waals surface area contributed by atoms with Gasteiger partial charge in [-0.15, -0.1) is 0 Å². The highest BCUT2D eigenvalue weighted by molar-refractivity contribution is 7.89. The van der Waals surface area contributed by atoms with Crippen LogP contribution in [0.5, 0.6) is 0 Å². The molecule has 27 heavy (non-hydrogen) atoms. The highest BCUT2D eigenvalue weighted by Gasteiger charge is 2.54. The van der Waals surface area contributed by atoms with E-state index in [1.54, 1.807) is 12.1 Å². The summed E-state index contributed by atoms with van der Waals surface area (Å²) in [5, 5.41) is 0. The van der Waals surface area contributed by atoms with Gasteiger partial charge in [-0.2, -0.15) is 0 Å². The van der Waals surface area contributed by atoms with Gasteiger partial charge in [-0.1, -0.05) is 55.0 Å². The monoisotopic (exact) mass is 385 g/mol. The topological polar surface area (TPSA) is 71.5 Å². The molecule has 0 saturated carbocycles. The molecular formula is C21H23NO4S. The minimum Gasteiger partial charge on any atom is -0.299 e. The first kappa shape index (κ1) is 19.3. The molecule has 1 aliphatic rings. The maximum Gasteiger partial charge on any atom is 0.266 e. The maximum absolute atomic E-state index is 13.3. The molecule has 1 amide bonds. The Hall–Kier alpha value is -2.47. The Kier molecular flexibility index (Phi) is 5.20. The lowest BCUT2D eigenvalue weighted by atomic mass is 9.81. The number of sulfonamides is 1. The van der Waals surface area contributed by atoms with E-state index < -0.39 is 33.8 Å². The average molecular weight is 385 g/mol. The third-order valence-electron chi connectivity index (χ3n) is 5.18. The van der Waals surface area contributed by atoms with Crippen LogP contribution in [0.2, 0.25) is 0 Å². The summed E-state index contributed by atoms with van der Waals surface area (Å²) in [5.41, 5.74) is 1.73. The summed E-state index contributed by atoms with van der Waals surface area (Å²) in [5.74, 6) is -2.42. The van der Waals surface area contributed by atoms with Gasteiger partial charge in [-0.3, -0.25) is 9.59 Å². The molecule has 6 heteroatoms. The number of hydrogen-bond donors (Lipinski definition) is 0. The lowest BCUT2D eigenvalue weighted by Crippen LogP contribution is -2.40. The molecule has 0 spiro atoms. The van der Waals surface area contributed by atoms with E-state index in [9.17, 15) is 18.0 Å². The number of carbonyl (C=O) groups excluding carboxylic acids is 2. The van der Waals surface area contributed by atoms with E-state index in [1.807, 2.05) is 44.2 Å². The highest BCUT2D eigenvalue weighted by atomic mass is 32.2. The number of hydrogen-bond acceptors (Lipinski definition) is 4. The number of rotatable bonds is 5. The smallest absolute Gasteiger partial charge is 0.266 e. The minimum atomic E-state index is -4.04. The first-order chi connectivity index (χ1) is 12.8. The first-order valence-electron chi connectivity index (χ1n) is 8.99. The van der Waals surface area contributed by atoms with Gasteiger partial charge in [-0.05, 0) is 38.0 Å². The summed E-state index contributed by atoms with van der Waals surface area (Å²) in [6.07, 6.45) is 0.431. The largest absolute Gasteiger partial charge is 0.299 e. The molecule has 5 nitrogen and oxygen atoms in total. The van der Waals surface area contributed by atoms with Crippen LogP contribution in [0.1, 0.15) is 37.3 Å². The van der Waals surface area contributed by atoms with E-state index in [0.717, 1.165) is 15.4 Å². The van der Waals surface area contributed by atoms with Crippen molar-refractivity contribution >= 4 is 21.7 Å². The normalized spacial score (nSPS) is 22.9. The Bertz CT molecular complexity index is 951. The zero-order valence-electron chi connectivity index (χ0n) is 15.6. The van der Waals surface area contributed by atoms with Crippen molar-refractivity contribution in [2.45, 2.75) is 44.0 Å². The maximum atomic E-state index is 13.3. The van der Waals surface area contributed by atoms with Crippen molar-refractivity contribution in [2.24, 2.45) is 5.92 Å². The third-order valence-corrected chi connectivity index (χ3v) is 7.01. The number of ketones is 1. The molecule has 1 saturated heterocycles. The van der Waals surface area contributed by atoms with E-state index in [0.29, 0.717) is 6.42 Å². The summed E-state index contributed by atoms with van der Waals surface area (Å²) in [4.78, 5) is 25.5. The minimum absolute atomic E-state index is 0.0657. The molecule has 0 aromatic heterocycles. The summed E-state index contributed by atoms with van der Waals surface area (Å²) < 4.78 is 27.5. The quantitative estimate of drug-likeness (QED) is 0.741. The molecule has 0 radical (unpaired) electrons. The molecule has 0 bridgehead atoms. The summed E-state index contributed by atoms with van der Waals surface area (Å²) >= 11 is 0. The van der Waals surface area contributed by atoms with Crippen LogP contribution in [0, 0.1) is 12.8 Å². The van der Waals surface area contributed by atoms with Crippen LogP contribution in [0.4, 0.5) is 0 Å². The van der Waals surface area contributed by atoms with Gasteiger partial charge in [0.05, 0.1) is 10.9 Å². The molecule has 2 aromatic carbocycles. The van der Waals surface area contributed by atoms with Crippen molar-refractivity contribution in [3.05, 3.63) is 65.7 Å². The predicted molar refractivity (Wildman–Crippen MR) is 103 cm³/mol. The van der Waals surface area contributed by atoms with Crippen LogP contribution in [-0.2, 0) is 19.6 Å². The predicted octanol–water partition coefficient (Wildman–Crippen LogP) is 3.29. The molecular weight excluding hydrogens is 362 g/mol. The Morgan fingerprint density at radius 3 is 2.15 bits per heavy atom. The summed E-state index contributed by atoms with van der Waals surface area (Å²) in [6.45, 7) is 5.06.